The van der Waals surface area contributed by atoms with Crippen molar-refractivity contribution in [3.8, 4) is 5.69 Å². The maximum Gasteiger partial charge on any atom is 0.255 e. The van der Waals surface area contributed by atoms with Crippen molar-refractivity contribution < 1.29 is 13.2 Å². The Morgan fingerprint density at radius 3 is 2.23 bits per heavy atom. The van der Waals surface area contributed by atoms with Gasteiger partial charge >= 0.3 is 0 Å². The summed E-state index contributed by atoms with van der Waals surface area (Å²) in [7, 11) is -3.54. The molecule has 0 saturated carbocycles. The van der Waals surface area contributed by atoms with Crippen molar-refractivity contribution in [2.45, 2.75) is 25.2 Å². The van der Waals surface area contributed by atoms with Crippen LogP contribution in [0.5, 0.6) is 0 Å². The molecule has 1 aliphatic rings. The molecule has 0 spiro atoms. The Morgan fingerprint density at radius 2 is 1.65 bits per heavy atom. The van der Waals surface area contributed by atoms with E-state index in [-0.39, 0.29) is 10.8 Å². The van der Waals surface area contributed by atoms with Gasteiger partial charge in [-0.15, -0.1) is 0 Å². The van der Waals surface area contributed by atoms with E-state index in [0.29, 0.717) is 36.2 Å². The molecule has 1 aliphatic heterocycles. The minimum atomic E-state index is -3.54. The highest BCUT2D eigenvalue weighted by molar-refractivity contribution is 7.89. The van der Waals surface area contributed by atoms with Crippen LogP contribution in [0.2, 0.25) is 0 Å². The van der Waals surface area contributed by atoms with Crippen LogP contribution in [-0.2, 0) is 10.0 Å². The van der Waals surface area contributed by atoms with E-state index >= 15 is 0 Å². The number of amides is 1. The first kappa shape index (κ1) is 21.3. The maximum absolute atomic E-state index is 13.0. The number of piperidine rings is 1. The fraction of sp³-hybridized carbons (Fsp3) is 0.304. The summed E-state index contributed by atoms with van der Waals surface area (Å²) >= 11 is 0. The lowest BCUT2D eigenvalue weighted by Gasteiger charge is -2.34. The first-order valence-electron chi connectivity index (χ1n) is 10.3. The average molecular weight is 439 g/mol. The lowest BCUT2D eigenvalue weighted by Crippen LogP contribution is -2.42. The van der Waals surface area contributed by atoms with Gasteiger partial charge in [-0.3, -0.25) is 4.79 Å². The van der Waals surface area contributed by atoms with Gasteiger partial charge in [0.15, 0.2) is 0 Å². The number of anilines is 1. The minimum absolute atomic E-state index is 0.246. The summed E-state index contributed by atoms with van der Waals surface area (Å²) in [6, 6.07) is 15.3. The van der Waals surface area contributed by atoms with Crippen molar-refractivity contribution in [1.29, 1.82) is 0 Å². The molecule has 1 aromatic heterocycles. The van der Waals surface area contributed by atoms with Gasteiger partial charge < -0.3 is 5.32 Å². The third kappa shape index (κ3) is 4.70. The smallest absolute Gasteiger partial charge is 0.255 e. The molecule has 162 valence electrons. The number of nitrogens with zero attached hydrogens (tertiary/aromatic N) is 3. The second kappa shape index (κ2) is 8.64. The van der Waals surface area contributed by atoms with Crippen LogP contribution in [0.15, 0.2) is 71.9 Å². The summed E-state index contributed by atoms with van der Waals surface area (Å²) in [5, 5.41) is 6.98. The van der Waals surface area contributed by atoms with Crippen molar-refractivity contribution in [3.63, 3.8) is 0 Å². The zero-order valence-electron chi connectivity index (χ0n) is 17.6. The molecule has 0 bridgehead atoms. The van der Waals surface area contributed by atoms with Gasteiger partial charge in [0.2, 0.25) is 10.0 Å². The molecule has 2 atom stereocenters. The summed E-state index contributed by atoms with van der Waals surface area (Å²) in [5.41, 5.74) is 1.90. The molecule has 1 saturated heterocycles. The van der Waals surface area contributed by atoms with E-state index in [9.17, 15) is 13.2 Å². The SMILES string of the molecule is CC1CC(C)CN(S(=O)(=O)c2ccc(NC(=O)c3ccc(-n4cccn4)cc3)cc2)C1. The van der Waals surface area contributed by atoms with E-state index in [4.69, 9.17) is 0 Å². The Labute approximate surface area is 182 Å². The molecule has 1 amide bonds. The zero-order chi connectivity index (χ0) is 22.0. The predicted molar refractivity (Wildman–Crippen MR) is 120 cm³/mol. The largest absolute Gasteiger partial charge is 0.322 e. The van der Waals surface area contributed by atoms with Gasteiger partial charge in [-0.2, -0.15) is 9.40 Å². The monoisotopic (exact) mass is 438 g/mol. The molecule has 2 aromatic carbocycles. The molecule has 3 aromatic rings. The van der Waals surface area contributed by atoms with Crippen LogP contribution in [0.3, 0.4) is 0 Å². The second-order valence-corrected chi connectivity index (χ2v) is 10.2. The number of hydrogen-bond acceptors (Lipinski definition) is 4. The van der Waals surface area contributed by atoms with Crippen LogP contribution in [0.1, 0.15) is 30.6 Å². The molecule has 4 rings (SSSR count). The highest BCUT2D eigenvalue weighted by Gasteiger charge is 2.31. The first-order chi connectivity index (χ1) is 14.8. The molecule has 1 N–H and O–H groups in total. The molecule has 31 heavy (non-hydrogen) atoms. The third-order valence-corrected chi connectivity index (χ3v) is 7.33. The molecule has 1 fully saturated rings. The Bertz CT molecular complexity index is 1130. The number of sulfonamides is 1. The molecular weight excluding hydrogens is 412 g/mol. The molecule has 0 radical (unpaired) electrons. The van der Waals surface area contributed by atoms with Crippen molar-refractivity contribution >= 4 is 21.6 Å². The summed E-state index contributed by atoms with van der Waals surface area (Å²) in [4.78, 5) is 12.8. The van der Waals surface area contributed by atoms with E-state index in [2.05, 4.69) is 24.3 Å². The van der Waals surface area contributed by atoms with E-state index < -0.39 is 10.0 Å². The number of hydrogen-bond donors (Lipinski definition) is 1. The zero-order valence-corrected chi connectivity index (χ0v) is 18.4. The van der Waals surface area contributed by atoms with E-state index in [1.165, 1.54) is 0 Å². The van der Waals surface area contributed by atoms with Crippen molar-refractivity contribution in [2.24, 2.45) is 11.8 Å². The molecular formula is C23H26N4O3S. The van der Waals surface area contributed by atoms with Crippen molar-refractivity contribution in [2.75, 3.05) is 18.4 Å². The quantitative estimate of drug-likeness (QED) is 0.657. The van der Waals surface area contributed by atoms with Crippen LogP contribution in [0.25, 0.3) is 5.69 Å². The summed E-state index contributed by atoms with van der Waals surface area (Å²) in [6.07, 6.45) is 4.56. The van der Waals surface area contributed by atoms with Gasteiger partial charge in [0, 0.05) is 36.7 Å². The molecule has 2 unspecified atom stereocenters. The van der Waals surface area contributed by atoms with Gasteiger partial charge in [0.1, 0.15) is 0 Å². The standard InChI is InChI=1S/C23H26N4O3S/c1-17-14-18(2)16-26(15-17)31(29,30)22-10-6-20(7-11-22)25-23(28)19-4-8-21(9-5-19)27-13-3-12-24-27/h3-13,17-18H,14-16H2,1-2H3,(H,25,28). The van der Waals surface area contributed by atoms with Crippen LogP contribution in [0.4, 0.5) is 5.69 Å². The van der Waals surface area contributed by atoms with Gasteiger partial charge in [-0.25, -0.2) is 13.1 Å². The van der Waals surface area contributed by atoms with Crippen molar-refractivity contribution in [1.82, 2.24) is 14.1 Å². The number of carbonyl (C=O) groups is 1. The minimum Gasteiger partial charge on any atom is -0.322 e. The molecule has 0 aliphatic carbocycles. The topological polar surface area (TPSA) is 84.3 Å². The normalized spacial score (nSPS) is 19.8. The maximum atomic E-state index is 13.0. The summed E-state index contributed by atoms with van der Waals surface area (Å²) < 4.78 is 29.3. The predicted octanol–water partition coefficient (Wildman–Crippen LogP) is 3.79. The fourth-order valence-corrected chi connectivity index (χ4v) is 5.73. The number of aromatic nitrogens is 2. The molecule has 2 heterocycles. The fourth-order valence-electron chi connectivity index (χ4n) is 4.05. The van der Waals surface area contributed by atoms with Gasteiger partial charge in [-0.1, -0.05) is 13.8 Å². The lowest BCUT2D eigenvalue weighted by atomic mass is 9.94. The summed E-state index contributed by atoms with van der Waals surface area (Å²) in [6.45, 7) is 5.25. The number of nitrogens with one attached hydrogen (secondary N) is 1. The van der Waals surface area contributed by atoms with Gasteiger partial charge in [0.25, 0.3) is 5.91 Å². The number of benzene rings is 2. The first-order valence-corrected chi connectivity index (χ1v) is 11.8. The van der Waals surface area contributed by atoms with Crippen LogP contribution in [0, 0.1) is 11.8 Å². The second-order valence-electron chi connectivity index (χ2n) is 8.24. The van der Waals surface area contributed by atoms with Crippen LogP contribution < -0.4 is 5.32 Å². The number of carbonyl (C=O) groups excluding carboxylic acids is 1. The highest BCUT2D eigenvalue weighted by atomic mass is 32.2. The molecule has 7 nitrogen and oxygen atoms in total. The van der Waals surface area contributed by atoms with Crippen LogP contribution in [-0.4, -0.2) is 41.5 Å². The summed E-state index contributed by atoms with van der Waals surface area (Å²) in [5.74, 6) is 0.426. The van der Waals surface area contributed by atoms with Crippen molar-refractivity contribution in [3.05, 3.63) is 72.6 Å². The Balaban J connectivity index is 1.44. The number of rotatable bonds is 5. The lowest BCUT2D eigenvalue weighted by molar-refractivity contribution is 0.102. The van der Waals surface area contributed by atoms with Gasteiger partial charge in [-0.05, 0) is 72.9 Å². The van der Waals surface area contributed by atoms with Gasteiger partial charge in [0.05, 0.1) is 10.6 Å². The third-order valence-electron chi connectivity index (χ3n) is 5.48. The van der Waals surface area contributed by atoms with E-state index in [1.54, 1.807) is 51.6 Å². The molecule has 8 heteroatoms. The highest BCUT2D eigenvalue weighted by Crippen LogP contribution is 2.27. The Morgan fingerprint density at radius 1 is 1.00 bits per heavy atom. The average Bonchev–Trinajstić information content (AvgIpc) is 3.28. The van der Waals surface area contributed by atoms with E-state index in [0.717, 1.165) is 12.1 Å². The van der Waals surface area contributed by atoms with Crippen LogP contribution >= 0.6 is 0 Å². The van der Waals surface area contributed by atoms with E-state index in [1.807, 2.05) is 24.4 Å². The Hall–Kier alpha value is -2.97. The Kier molecular flexibility index (Phi) is 5.93.